The van der Waals surface area contributed by atoms with Crippen LogP contribution in [0.3, 0.4) is 0 Å². The van der Waals surface area contributed by atoms with Gasteiger partial charge in [-0.25, -0.2) is 4.98 Å². The third kappa shape index (κ3) is 3.41. The van der Waals surface area contributed by atoms with E-state index in [1.54, 1.807) is 13.0 Å². The molecule has 0 bridgehead atoms. The van der Waals surface area contributed by atoms with Gasteiger partial charge in [0, 0.05) is 12.6 Å². The zero-order valence-electron chi connectivity index (χ0n) is 11.4. The van der Waals surface area contributed by atoms with Gasteiger partial charge in [-0.2, -0.15) is 0 Å². The maximum atomic E-state index is 10.7. The summed E-state index contributed by atoms with van der Waals surface area (Å²) < 4.78 is 0. The molecule has 104 valence electrons. The molecule has 6 nitrogen and oxygen atoms in total. The normalized spacial score (nSPS) is 18.0. The summed E-state index contributed by atoms with van der Waals surface area (Å²) in [7, 11) is 0. The topological polar surface area (TPSA) is 80.1 Å². The number of hydrogen-bond donors (Lipinski definition) is 2. The van der Waals surface area contributed by atoms with E-state index in [0.29, 0.717) is 11.5 Å². The van der Waals surface area contributed by atoms with E-state index in [4.69, 9.17) is 0 Å². The number of rotatable bonds is 4. The van der Waals surface area contributed by atoms with E-state index in [1.165, 1.54) is 6.07 Å². The van der Waals surface area contributed by atoms with E-state index >= 15 is 0 Å². The fourth-order valence-corrected chi connectivity index (χ4v) is 2.36. The van der Waals surface area contributed by atoms with Gasteiger partial charge in [-0.3, -0.25) is 10.1 Å². The largest absolute Gasteiger partial charge is 0.370 e. The molecule has 0 saturated carbocycles. The molecule has 1 aromatic rings. The Balaban J connectivity index is 2.00. The van der Waals surface area contributed by atoms with Gasteiger partial charge >= 0.3 is 0 Å². The monoisotopic (exact) mass is 264 g/mol. The summed E-state index contributed by atoms with van der Waals surface area (Å²) in [4.78, 5) is 14.6. The summed E-state index contributed by atoms with van der Waals surface area (Å²) >= 11 is 0. The van der Waals surface area contributed by atoms with Crippen LogP contribution < -0.4 is 10.6 Å². The van der Waals surface area contributed by atoms with Crippen molar-refractivity contribution < 1.29 is 4.92 Å². The standard InChI is InChI=1S/C13H20N4O2/c1-10-11(17(18)19)3-4-12(16-10)15-9-13(2)5-7-14-8-6-13/h3-4,14H,5-9H2,1-2H3,(H,15,16). The second-order valence-corrected chi connectivity index (χ2v) is 5.47. The number of piperidine rings is 1. The van der Waals surface area contributed by atoms with Crippen LogP contribution in [-0.4, -0.2) is 29.5 Å². The number of hydrogen-bond acceptors (Lipinski definition) is 5. The zero-order valence-corrected chi connectivity index (χ0v) is 11.4. The third-order valence-electron chi connectivity index (χ3n) is 3.76. The predicted octanol–water partition coefficient (Wildman–Crippen LogP) is 2.10. The summed E-state index contributed by atoms with van der Waals surface area (Å²) in [5, 5.41) is 17.4. The molecule has 6 heteroatoms. The Morgan fingerprint density at radius 3 is 2.74 bits per heavy atom. The number of nitrogens with one attached hydrogen (secondary N) is 2. The molecule has 2 heterocycles. The third-order valence-corrected chi connectivity index (χ3v) is 3.76. The molecule has 1 aliphatic rings. The maximum absolute atomic E-state index is 10.7. The first-order chi connectivity index (χ1) is 9.00. The second-order valence-electron chi connectivity index (χ2n) is 5.47. The molecular weight excluding hydrogens is 244 g/mol. The van der Waals surface area contributed by atoms with Crippen molar-refractivity contribution in [2.45, 2.75) is 26.7 Å². The Kier molecular flexibility index (Phi) is 3.99. The van der Waals surface area contributed by atoms with Crippen molar-refractivity contribution in [3.63, 3.8) is 0 Å². The summed E-state index contributed by atoms with van der Waals surface area (Å²) in [6.07, 6.45) is 2.26. The fraction of sp³-hybridized carbons (Fsp3) is 0.615. The molecule has 0 spiro atoms. The van der Waals surface area contributed by atoms with Crippen molar-refractivity contribution in [2.24, 2.45) is 5.41 Å². The van der Waals surface area contributed by atoms with Crippen LogP contribution in [0.15, 0.2) is 12.1 Å². The van der Waals surface area contributed by atoms with Gasteiger partial charge in [-0.05, 0) is 44.3 Å². The van der Waals surface area contributed by atoms with E-state index in [0.717, 1.165) is 32.5 Å². The summed E-state index contributed by atoms with van der Waals surface area (Å²) in [5.41, 5.74) is 0.784. The lowest BCUT2D eigenvalue weighted by Gasteiger charge is -2.34. The minimum Gasteiger partial charge on any atom is -0.370 e. The van der Waals surface area contributed by atoms with E-state index in [-0.39, 0.29) is 11.1 Å². The molecule has 1 aliphatic heterocycles. The number of aromatic nitrogens is 1. The quantitative estimate of drug-likeness (QED) is 0.643. The van der Waals surface area contributed by atoms with Gasteiger partial charge in [0.15, 0.2) is 0 Å². The minimum absolute atomic E-state index is 0.0682. The van der Waals surface area contributed by atoms with Gasteiger partial charge in [0.2, 0.25) is 0 Å². The molecule has 0 aromatic carbocycles. The van der Waals surface area contributed by atoms with Crippen LogP contribution in [0.1, 0.15) is 25.5 Å². The molecule has 0 aliphatic carbocycles. The average Bonchev–Trinajstić information content (AvgIpc) is 2.37. The van der Waals surface area contributed by atoms with Crippen LogP contribution >= 0.6 is 0 Å². The van der Waals surface area contributed by atoms with Crippen molar-refractivity contribution in [2.75, 3.05) is 25.0 Å². The summed E-state index contributed by atoms with van der Waals surface area (Å²) in [5.74, 6) is 0.711. The first-order valence-corrected chi connectivity index (χ1v) is 6.57. The smallest absolute Gasteiger partial charge is 0.290 e. The first-order valence-electron chi connectivity index (χ1n) is 6.57. The number of pyridine rings is 1. The lowest BCUT2D eigenvalue weighted by Crippen LogP contribution is -2.39. The first kappa shape index (κ1) is 13.7. The van der Waals surface area contributed by atoms with Crippen molar-refractivity contribution in [1.82, 2.24) is 10.3 Å². The molecular formula is C13H20N4O2. The van der Waals surface area contributed by atoms with E-state index in [1.807, 2.05) is 0 Å². The SMILES string of the molecule is Cc1nc(NCC2(C)CCNCC2)ccc1[N+](=O)[O-]. The predicted molar refractivity (Wildman–Crippen MR) is 74.3 cm³/mol. The van der Waals surface area contributed by atoms with Crippen LogP contribution in [-0.2, 0) is 0 Å². The molecule has 1 aromatic heterocycles. The van der Waals surface area contributed by atoms with Crippen molar-refractivity contribution in [3.8, 4) is 0 Å². The van der Waals surface area contributed by atoms with E-state index in [2.05, 4.69) is 22.5 Å². The fourth-order valence-electron chi connectivity index (χ4n) is 2.36. The van der Waals surface area contributed by atoms with Crippen molar-refractivity contribution >= 4 is 11.5 Å². The van der Waals surface area contributed by atoms with Gasteiger partial charge in [-0.15, -0.1) is 0 Å². The molecule has 2 N–H and O–H groups in total. The lowest BCUT2D eigenvalue weighted by atomic mass is 9.81. The van der Waals surface area contributed by atoms with Crippen LogP contribution in [0, 0.1) is 22.5 Å². The molecule has 19 heavy (non-hydrogen) atoms. The number of anilines is 1. The minimum atomic E-state index is -0.403. The number of aryl methyl sites for hydroxylation is 1. The highest BCUT2D eigenvalue weighted by Gasteiger charge is 2.26. The Hall–Kier alpha value is -1.69. The zero-order chi connectivity index (χ0) is 13.9. The van der Waals surface area contributed by atoms with E-state index < -0.39 is 4.92 Å². The van der Waals surface area contributed by atoms with Crippen molar-refractivity contribution in [3.05, 3.63) is 27.9 Å². The average molecular weight is 264 g/mol. The molecule has 1 saturated heterocycles. The number of nitro groups is 1. The Morgan fingerprint density at radius 1 is 1.47 bits per heavy atom. The molecule has 0 unspecified atom stereocenters. The maximum Gasteiger partial charge on any atom is 0.290 e. The van der Waals surface area contributed by atoms with Gasteiger partial charge in [0.05, 0.1) is 4.92 Å². The molecule has 0 radical (unpaired) electrons. The van der Waals surface area contributed by atoms with Crippen molar-refractivity contribution in [1.29, 1.82) is 0 Å². The van der Waals surface area contributed by atoms with Gasteiger partial charge < -0.3 is 10.6 Å². The summed E-state index contributed by atoms with van der Waals surface area (Å²) in [6, 6.07) is 3.19. The molecule has 2 rings (SSSR count). The summed E-state index contributed by atoms with van der Waals surface area (Å²) in [6.45, 7) is 6.86. The van der Waals surface area contributed by atoms with Gasteiger partial charge in [-0.1, -0.05) is 6.92 Å². The molecule has 0 atom stereocenters. The van der Waals surface area contributed by atoms with Gasteiger partial charge in [0.1, 0.15) is 11.5 Å². The highest BCUT2D eigenvalue weighted by atomic mass is 16.6. The van der Waals surface area contributed by atoms with E-state index in [9.17, 15) is 10.1 Å². The molecule has 0 amide bonds. The molecule has 1 fully saturated rings. The highest BCUT2D eigenvalue weighted by molar-refractivity contribution is 5.44. The van der Waals surface area contributed by atoms with Crippen LogP contribution in [0.25, 0.3) is 0 Å². The Labute approximate surface area is 112 Å². The Morgan fingerprint density at radius 2 is 2.16 bits per heavy atom. The lowest BCUT2D eigenvalue weighted by molar-refractivity contribution is -0.385. The Bertz CT molecular complexity index is 470. The second kappa shape index (κ2) is 5.52. The van der Waals surface area contributed by atoms with Crippen LogP contribution in [0.5, 0.6) is 0 Å². The highest BCUT2D eigenvalue weighted by Crippen LogP contribution is 2.28. The van der Waals surface area contributed by atoms with Gasteiger partial charge in [0.25, 0.3) is 5.69 Å². The van der Waals surface area contributed by atoms with Crippen LogP contribution in [0.4, 0.5) is 11.5 Å². The number of nitrogens with zero attached hydrogens (tertiary/aromatic N) is 2. The van der Waals surface area contributed by atoms with Crippen LogP contribution in [0.2, 0.25) is 0 Å².